The van der Waals surface area contributed by atoms with E-state index in [0.29, 0.717) is 10.8 Å². The lowest BCUT2D eigenvalue weighted by Gasteiger charge is -2.18. The van der Waals surface area contributed by atoms with Gasteiger partial charge in [0.1, 0.15) is 5.75 Å². The van der Waals surface area contributed by atoms with E-state index in [1.54, 1.807) is 7.11 Å². The van der Waals surface area contributed by atoms with E-state index in [1.165, 1.54) is 5.56 Å². The van der Waals surface area contributed by atoms with Gasteiger partial charge in [-0.25, -0.2) is 0 Å². The first-order valence-corrected chi connectivity index (χ1v) is 8.02. The zero-order valence-electron chi connectivity index (χ0n) is 11.1. The average Bonchev–Trinajstić information content (AvgIpc) is 2.40. The highest BCUT2D eigenvalue weighted by molar-refractivity contribution is 9.11. The molecule has 0 saturated heterocycles. The number of halogens is 3. The molecule has 2 aromatic carbocycles. The number of rotatable bonds is 4. The van der Waals surface area contributed by atoms with Crippen molar-refractivity contribution in [2.75, 3.05) is 12.4 Å². The summed E-state index contributed by atoms with van der Waals surface area (Å²) in [5.41, 5.74) is 2.15. The Kier molecular flexibility index (Phi) is 5.35. The van der Waals surface area contributed by atoms with Gasteiger partial charge in [-0.2, -0.15) is 0 Å². The van der Waals surface area contributed by atoms with Crippen molar-refractivity contribution >= 4 is 49.1 Å². The van der Waals surface area contributed by atoms with Gasteiger partial charge in [0.15, 0.2) is 0 Å². The summed E-state index contributed by atoms with van der Waals surface area (Å²) in [6.45, 7) is 2.11. The second-order valence-corrected chi connectivity index (χ2v) is 6.56. The van der Waals surface area contributed by atoms with Crippen molar-refractivity contribution in [2.24, 2.45) is 0 Å². The normalized spacial score (nSPS) is 12.1. The van der Waals surface area contributed by atoms with Crippen molar-refractivity contribution < 1.29 is 4.74 Å². The Morgan fingerprint density at radius 2 is 1.90 bits per heavy atom. The molecule has 2 aromatic rings. The van der Waals surface area contributed by atoms with Crippen LogP contribution in [0.2, 0.25) is 5.02 Å². The zero-order valence-corrected chi connectivity index (χ0v) is 15.0. The molecule has 106 valence electrons. The first kappa shape index (κ1) is 15.7. The molecule has 0 radical (unpaired) electrons. The van der Waals surface area contributed by atoms with Crippen molar-refractivity contribution in [1.29, 1.82) is 0 Å². The van der Waals surface area contributed by atoms with Gasteiger partial charge in [-0.05, 0) is 36.8 Å². The monoisotopic (exact) mass is 417 g/mol. The molecule has 0 fully saturated rings. The van der Waals surface area contributed by atoms with E-state index in [0.717, 1.165) is 14.6 Å². The third-order valence-corrected chi connectivity index (χ3v) is 4.46. The third-order valence-electron chi connectivity index (χ3n) is 2.96. The molecule has 0 aliphatic heterocycles. The molecule has 20 heavy (non-hydrogen) atoms. The molecular formula is C15H14Br2ClNO. The Labute approximate surface area is 140 Å². The Hall–Kier alpha value is -0.710. The standard InChI is InChI=1S/C15H14Br2ClNO/c1-9(12-5-3-10(16)7-13(12)17)19-11-4-6-14(18)15(8-11)20-2/h3-9,19H,1-2H3. The molecule has 0 aliphatic carbocycles. The second-order valence-electron chi connectivity index (χ2n) is 4.38. The molecule has 0 heterocycles. The van der Waals surface area contributed by atoms with Crippen molar-refractivity contribution in [3.63, 3.8) is 0 Å². The Morgan fingerprint density at radius 3 is 2.55 bits per heavy atom. The minimum atomic E-state index is 0.156. The minimum absolute atomic E-state index is 0.156. The third kappa shape index (κ3) is 3.68. The number of nitrogens with one attached hydrogen (secondary N) is 1. The molecule has 2 nitrogen and oxygen atoms in total. The lowest BCUT2D eigenvalue weighted by molar-refractivity contribution is 0.415. The van der Waals surface area contributed by atoms with E-state index >= 15 is 0 Å². The van der Waals surface area contributed by atoms with Gasteiger partial charge in [-0.15, -0.1) is 0 Å². The fraction of sp³-hybridized carbons (Fsp3) is 0.200. The predicted octanol–water partition coefficient (Wildman–Crippen LogP) is 6.05. The van der Waals surface area contributed by atoms with Crippen LogP contribution in [0.3, 0.4) is 0 Å². The molecule has 1 atom stereocenters. The number of methoxy groups -OCH3 is 1. The van der Waals surface area contributed by atoms with E-state index in [1.807, 2.05) is 30.3 Å². The van der Waals surface area contributed by atoms with Crippen molar-refractivity contribution in [2.45, 2.75) is 13.0 Å². The summed E-state index contributed by atoms with van der Waals surface area (Å²) < 4.78 is 7.34. The number of anilines is 1. The van der Waals surface area contributed by atoms with Gasteiger partial charge in [0.05, 0.1) is 12.1 Å². The van der Waals surface area contributed by atoms with Crippen molar-refractivity contribution in [1.82, 2.24) is 0 Å². The number of hydrogen-bond acceptors (Lipinski definition) is 2. The van der Waals surface area contributed by atoms with E-state index in [-0.39, 0.29) is 6.04 Å². The largest absolute Gasteiger partial charge is 0.495 e. The van der Waals surface area contributed by atoms with Crippen molar-refractivity contribution in [3.8, 4) is 5.75 Å². The minimum Gasteiger partial charge on any atom is -0.495 e. The van der Waals surface area contributed by atoms with Crippen LogP contribution in [0.1, 0.15) is 18.5 Å². The summed E-state index contributed by atoms with van der Waals surface area (Å²) >= 11 is 13.1. The van der Waals surface area contributed by atoms with Crippen LogP contribution in [0.25, 0.3) is 0 Å². The SMILES string of the molecule is COc1cc(NC(C)c2ccc(Br)cc2Br)ccc1Cl. The predicted molar refractivity (Wildman–Crippen MR) is 91.9 cm³/mol. The highest BCUT2D eigenvalue weighted by Gasteiger charge is 2.10. The summed E-state index contributed by atoms with van der Waals surface area (Å²) in [5.74, 6) is 0.665. The Morgan fingerprint density at radius 1 is 1.15 bits per heavy atom. The molecule has 0 aromatic heterocycles. The van der Waals surface area contributed by atoms with Gasteiger partial charge in [0.2, 0.25) is 0 Å². The van der Waals surface area contributed by atoms with Crippen molar-refractivity contribution in [3.05, 3.63) is 55.9 Å². The van der Waals surface area contributed by atoms with Gasteiger partial charge < -0.3 is 10.1 Å². The summed E-state index contributed by atoms with van der Waals surface area (Å²) in [6, 6.07) is 12.0. The Bertz CT molecular complexity index is 619. The lowest BCUT2D eigenvalue weighted by Crippen LogP contribution is -2.07. The molecule has 1 N–H and O–H groups in total. The van der Waals surface area contributed by atoms with Gasteiger partial charge in [-0.1, -0.05) is 49.5 Å². The molecule has 2 rings (SSSR count). The van der Waals surface area contributed by atoms with Gasteiger partial charge in [0.25, 0.3) is 0 Å². The highest BCUT2D eigenvalue weighted by atomic mass is 79.9. The molecule has 5 heteroatoms. The summed E-state index contributed by atoms with van der Waals surface area (Å²) in [6.07, 6.45) is 0. The van der Waals surface area contributed by atoms with Crippen LogP contribution in [0, 0.1) is 0 Å². The van der Waals surface area contributed by atoms with E-state index in [9.17, 15) is 0 Å². The van der Waals surface area contributed by atoms with Crippen LogP contribution in [0.4, 0.5) is 5.69 Å². The van der Waals surface area contributed by atoms with E-state index < -0.39 is 0 Å². The fourth-order valence-electron chi connectivity index (χ4n) is 1.93. The van der Waals surface area contributed by atoms with Crippen LogP contribution in [-0.2, 0) is 0 Å². The van der Waals surface area contributed by atoms with Crippen LogP contribution in [0.5, 0.6) is 5.75 Å². The maximum atomic E-state index is 6.03. The number of hydrogen-bond donors (Lipinski definition) is 1. The average molecular weight is 420 g/mol. The quantitative estimate of drug-likeness (QED) is 0.652. The molecule has 0 saturated carbocycles. The maximum absolute atomic E-state index is 6.03. The molecule has 0 spiro atoms. The molecule has 0 amide bonds. The first-order chi connectivity index (χ1) is 9.51. The van der Waals surface area contributed by atoms with Gasteiger partial charge >= 0.3 is 0 Å². The van der Waals surface area contributed by atoms with Crippen LogP contribution in [-0.4, -0.2) is 7.11 Å². The molecular weight excluding hydrogens is 405 g/mol. The van der Waals surface area contributed by atoms with Crippen LogP contribution in [0.15, 0.2) is 45.3 Å². The summed E-state index contributed by atoms with van der Waals surface area (Å²) in [5, 5.41) is 4.04. The topological polar surface area (TPSA) is 21.3 Å². The van der Waals surface area contributed by atoms with E-state index in [4.69, 9.17) is 16.3 Å². The molecule has 1 unspecified atom stereocenters. The lowest BCUT2D eigenvalue weighted by atomic mass is 10.1. The maximum Gasteiger partial charge on any atom is 0.139 e. The van der Waals surface area contributed by atoms with Gasteiger partial charge in [-0.3, -0.25) is 0 Å². The number of benzene rings is 2. The first-order valence-electron chi connectivity index (χ1n) is 6.06. The van der Waals surface area contributed by atoms with E-state index in [2.05, 4.69) is 50.2 Å². The second kappa shape index (κ2) is 6.83. The smallest absolute Gasteiger partial charge is 0.139 e. The Balaban J connectivity index is 2.21. The number of ether oxygens (including phenoxy) is 1. The van der Waals surface area contributed by atoms with Crippen LogP contribution < -0.4 is 10.1 Å². The highest BCUT2D eigenvalue weighted by Crippen LogP contribution is 2.32. The molecule has 0 aliphatic rings. The van der Waals surface area contributed by atoms with Crippen LogP contribution >= 0.6 is 43.5 Å². The summed E-state index contributed by atoms with van der Waals surface area (Å²) in [4.78, 5) is 0. The van der Waals surface area contributed by atoms with Gasteiger partial charge in [0, 0.05) is 26.7 Å². The fourth-order valence-corrected chi connectivity index (χ4v) is 3.52. The summed E-state index contributed by atoms with van der Waals surface area (Å²) in [7, 11) is 1.61. The zero-order chi connectivity index (χ0) is 14.7. The molecule has 0 bridgehead atoms.